The zero-order valence-electron chi connectivity index (χ0n) is 8.36. The molecule has 0 amide bonds. The van der Waals surface area contributed by atoms with Crippen LogP contribution < -0.4 is 0 Å². The molecular formula is C11H16O2. The molecule has 13 heavy (non-hydrogen) atoms. The van der Waals surface area contributed by atoms with Crippen LogP contribution in [0.3, 0.4) is 0 Å². The minimum Gasteiger partial charge on any atom is -0.346 e. The number of rotatable bonds is 3. The first-order chi connectivity index (χ1) is 6.43. The summed E-state index contributed by atoms with van der Waals surface area (Å²) in [7, 11) is 1.47. The van der Waals surface area contributed by atoms with Crippen molar-refractivity contribution in [3.05, 3.63) is 42.2 Å². The van der Waals surface area contributed by atoms with Crippen LogP contribution in [0.4, 0.5) is 0 Å². The van der Waals surface area contributed by atoms with Crippen LogP contribution in [0, 0.1) is 0 Å². The lowest BCUT2D eigenvalue weighted by Crippen LogP contribution is -1.75. The maximum absolute atomic E-state index is 4.56. The molecule has 0 spiro atoms. The molecule has 2 heteroatoms. The van der Waals surface area contributed by atoms with Crippen molar-refractivity contribution in [3.8, 4) is 0 Å². The summed E-state index contributed by atoms with van der Waals surface area (Å²) in [5.41, 5.74) is 1.09. The molecular weight excluding hydrogens is 164 g/mol. The minimum atomic E-state index is 1.09. The Morgan fingerprint density at radius 2 is 1.69 bits per heavy atom. The third kappa shape index (κ3) is 5.93. The number of benzene rings is 1. The van der Waals surface area contributed by atoms with E-state index in [0.717, 1.165) is 5.56 Å². The third-order valence-electron chi connectivity index (χ3n) is 1.21. The van der Waals surface area contributed by atoms with Crippen LogP contribution in [-0.4, -0.2) is 7.11 Å². The van der Waals surface area contributed by atoms with Crippen LogP contribution in [0.1, 0.15) is 19.4 Å². The van der Waals surface area contributed by atoms with Crippen LogP contribution >= 0.6 is 0 Å². The fourth-order valence-electron chi connectivity index (χ4n) is 0.726. The van der Waals surface area contributed by atoms with Gasteiger partial charge in [0.15, 0.2) is 0 Å². The van der Waals surface area contributed by atoms with Gasteiger partial charge in [-0.2, -0.15) is 4.89 Å². The highest BCUT2D eigenvalue weighted by Gasteiger charge is 1.80. The van der Waals surface area contributed by atoms with Crippen molar-refractivity contribution in [3.63, 3.8) is 0 Å². The van der Waals surface area contributed by atoms with E-state index in [0.29, 0.717) is 0 Å². The van der Waals surface area contributed by atoms with E-state index < -0.39 is 0 Å². The van der Waals surface area contributed by atoms with E-state index in [1.54, 1.807) is 0 Å². The third-order valence-corrected chi connectivity index (χ3v) is 1.21. The molecule has 0 unspecified atom stereocenters. The molecule has 0 radical (unpaired) electrons. The van der Waals surface area contributed by atoms with Gasteiger partial charge in [0.2, 0.25) is 0 Å². The van der Waals surface area contributed by atoms with E-state index in [1.807, 2.05) is 50.3 Å². The molecule has 72 valence electrons. The molecule has 1 aromatic carbocycles. The lowest BCUT2D eigenvalue weighted by atomic mass is 10.2. The van der Waals surface area contributed by atoms with Crippen molar-refractivity contribution in [2.45, 2.75) is 13.8 Å². The zero-order chi connectivity index (χ0) is 9.94. The van der Waals surface area contributed by atoms with Crippen LogP contribution in [0.5, 0.6) is 0 Å². The van der Waals surface area contributed by atoms with E-state index >= 15 is 0 Å². The monoisotopic (exact) mass is 180 g/mol. The normalized spacial score (nSPS) is 9.15. The molecule has 0 bridgehead atoms. The molecule has 0 N–H and O–H groups in total. The average Bonchev–Trinajstić information content (AvgIpc) is 2.23. The Bertz CT molecular complexity index is 217. The van der Waals surface area contributed by atoms with Crippen molar-refractivity contribution < 1.29 is 9.78 Å². The first kappa shape index (κ1) is 11.7. The fraction of sp³-hybridized carbons (Fsp3) is 0.273. The van der Waals surface area contributed by atoms with Gasteiger partial charge in [0.25, 0.3) is 0 Å². The Kier molecular flexibility index (Phi) is 7.95. The first-order valence-corrected chi connectivity index (χ1v) is 4.34. The smallest absolute Gasteiger partial charge is 0.130 e. The molecule has 0 saturated heterocycles. The second-order valence-electron chi connectivity index (χ2n) is 1.98. The minimum absolute atomic E-state index is 1.09. The van der Waals surface area contributed by atoms with E-state index in [2.05, 4.69) is 9.78 Å². The summed E-state index contributed by atoms with van der Waals surface area (Å²) in [5, 5.41) is 0. The Hall–Kier alpha value is -1.28. The summed E-state index contributed by atoms with van der Waals surface area (Å²) < 4.78 is 0. The summed E-state index contributed by atoms with van der Waals surface area (Å²) in [4.78, 5) is 8.93. The lowest BCUT2D eigenvalue weighted by Gasteiger charge is -1.91. The maximum Gasteiger partial charge on any atom is 0.130 e. The lowest BCUT2D eigenvalue weighted by molar-refractivity contribution is -0.221. The van der Waals surface area contributed by atoms with Crippen LogP contribution in [-0.2, 0) is 9.78 Å². The van der Waals surface area contributed by atoms with Crippen LogP contribution in [0.2, 0.25) is 0 Å². The highest BCUT2D eigenvalue weighted by molar-refractivity contribution is 5.47. The Morgan fingerprint density at radius 3 is 2.23 bits per heavy atom. The van der Waals surface area contributed by atoms with E-state index in [4.69, 9.17) is 0 Å². The summed E-state index contributed by atoms with van der Waals surface area (Å²) >= 11 is 0. The predicted octanol–water partition coefficient (Wildman–Crippen LogP) is 3.26. The fourth-order valence-corrected chi connectivity index (χ4v) is 0.726. The molecule has 0 aliphatic rings. The van der Waals surface area contributed by atoms with Crippen molar-refractivity contribution in [2.75, 3.05) is 7.11 Å². The van der Waals surface area contributed by atoms with Gasteiger partial charge >= 0.3 is 0 Å². The van der Waals surface area contributed by atoms with E-state index in [1.165, 1.54) is 13.4 Å². The van der Waals surface area contributed by atoms with Gasteiger partial charge in [-0.15, -0.1) is 0 Å². The van der Waals surface area contributed by atoms with Crippen molar-refractivity contribution in [2.24, 2.45) is 0 Å². The predicted molar refractivity (Wildman–Crippen MR) is 54.9 cm³/mol. The zero-order valence-corrected chi connectivity index (χ0v) is 8.36. The molecule has 0 atom stereocenters. The van der Waals surface area contributed by atoms with E-state index in [9.17, 15) is 0 Å². The summed E-state index contributed by atoms with van der Waals surface area (Å²) in [5.74, 6) is 0. The second-order valence-corrected chi connectivity index (χ2v) is 1.98. The van der Waals surface area contributed by atoms with Crippen molar-refractivity contribution in [1.29, 1.82) is 0 Å². The first-order valence-electron chi connectivity index (χ1n) is 4.34. The molecule has 0 aliphatic carbocycles. The Labute approximate surface area is 79.7 Å². The second kappa shape index (κ2) is 8.81. The SMILES string of the molecule is CC.COO/C=C\c1ccccc1. The highest BCUT2D eigenvalue weighted by Crippen LogP contribution is 2.00. The Morgan fingerprint density at radius 1 is 1.08 bits per heavy atom. The topological polar surface area (TPSA) is 18.5 Å². The Balaban J connectivity index is 0.000000671. The maximum atomic E-state index is 4.56. The van der Waals surface area contributed by atoms with Gasteiger partial charge in [-0.3, -0.25) is 0 Å². The molecule has 0 saturated carbocycles. The van der Waals surface area contributed by atoms with E-state index in [-0.39, 0.29) is 0 Å². The number of hydrogen-bond acceptors (Lipinski definition) is 2. The van der Waals surface area contributed by atoms with Crippen molar-refractivity contribution in [1.82, 2.24) is 0 Å². The van der Waals surface area contributed by atoms with Gasteiger partial charge in [0.05, 0.1) is 7.11 Å². The largest absolute Gasteiger partial charge is 0.346 e. The molecule has 0 fully saturated rings. The highest BCUT2D eigenvalue weighted by atomic mass is 17.2. The molecule has 1 rings (SSSR count). The van der Waals surface area contributed by atoms with Gasteiger partial charge in [-0.05, 0) is 11.6 Å². The molecule has 0 aromatic heterocycles. The summed E-state index contributed by atoms with van der Waals surface area (Å²) in [6.07, 6.45) is 3.32. The van der Waals surface area contributed by atoms with Gasteiger partial charge in [-0.1, -0.05) is 44.2 Å². The standard InChI is InChI=1S/C9H10O2.C2H6/c1-10-11-8-7-9-5-3-2-4-6-9;1-2/h2-8H,1H3;1-2H3/b8-7-;. The molecule has 0 aliphatic heterocycles. The summed E-state index contributed by atoms with van der Waals surface area (Å²) in [6.45, 7) is 4.00. The molecule has 0 heterocycles. The molecule has 2 nitrogen and oxygen atoms in total. The van der Waals surface area contributed by atoms with Crippen molar-refractivity contribution >= 4 is 6.08 Å². The van der Waals surface area contributed by atoms with Gasteiger partial charge in [-0.25, -0.2) is 0 Å². The van der Waals surface area contributed by atoms with Crippen LogP contribution in [0.25, 0.3) is 6.08 Å². The average molecular weight is 180 g/mol. The quantitative estimate of drug-likeness (QED) is 0.404. The van der Waals surface area contributed by atoms with Gasteiger partial charge < -0.3 is 4.89 Å². The van der Waals surface area contributed by atoms with Gasteiger partial charge in [0.1, 0.15) is 6.26 Å². The molecule has 1 aromatic rings. The summed E-state index contributed by atoms with van der Waals surface area (Å²) in [6, 6.07) is 9.86. The number of hydrogen-bond donors (Lipinski definition) is 0. The van der Waals surface area contributed by atoms with Gasteiger partial charge in [0, 0.05) is 0 Å². The van der Waals surface area contributed by atoms with Crippen LogP contribution in [0.15, 0.2) is 36.6 Å².